The summed E-state index contributed by atoms with van der Waals surface area (Å²) >= 11 is 0. The Labute approximate surface area is 94.9 Å². The maximum atomic E-state index is 10.0. The molecule has 1 aromatic rings. The second-order valence-electron chi connectivity index (χ2n) is 3.01. The molecule has 0 saturated carbocycles. The highest BCUT2D eigenvalue weighted by Gasteiger charge is 1.94. The van der Waals surface area contributed by atoms with Crippen molar-refractivity contribution in [1.82, 2.24) is 0 Å². The number of ether oxygens (including phenoxy) is 1. The van der Waals surface area contributed by atoms with Crippen LogP contribution in [0.2, 0.25) is 0 Å². The molecule has 0 aliphatic rings. The topological polar surface area (TPSA) is 63.6 Å². The summed E-state index contributed by atoms with van der Waals surface area (Å²) in [4.78, 5) is 18.0. The van der Waals surface area contributed by atoms with E-state index < -0.39 is 0 Å². The van der Waals surface area contributed by atoms with Gasteiger partial charge in [0.05, 0.1) is 6.61 Å². The first-order chi connectivity index (χ1) is 7.83. The van der Waals surface area contributed by atoms with E-state index in [9.17, 15) is 4.79 Å². The van der Waals surface area contributed by atoms with Gasteiger partial charge in [-0.2, -0.15) is 0 Å². The van der Waals surface area contributed by atoms with Gasteiger partial charge in [0.25, 0.3) is 0 Å². The third-order valence-corrected chi connectivity index (χ3v) is 1.80. The maximum Gasteiger partial charge on any atom is 0.122 e. The van der Waals surface area contributed by atoms with Gasteiger partial charge in [0, 0.05) is 12.5 Å². The molecule has 16 heavy (non-hydrogen) atoms. The SMILES string of the molecule is C=O.O=CCCCCOc1cccc(O)c1. The Morgan fingerprint density at radius 1 is 1.31 bits per heavy atom. The number of carbonyl (C=O) groups is 2. The Hall–Kier alpha value is -1.84. The van der Waals surface area contributed by atoms with Crippen molar-refractivity contribution in [2.75, 3.05) is 6.61 Å². The van der Waals surface area contributed by atoms with Gasteiger partial charge in [-0.25, -0.2) is 0 Å². The quantitative estimate of drug-likeness (QED) is 0.592. The minimum absolute atomic E-state index is 0.204. The van der Waals surface area contributed by atoms with Crippen molar-refractivity contribution in [2.24, 2.45) is 0 Å². The largest absolute Gasteiger partial charge is 0.508 e. The molecule has 0 atom stereocenters. The zero-order valence-electron chi connectivity index (χ0n) is 9.09. The van der Waals surface area contributed by atoms with Crippen molar-refractivity contribution in [3.63, 3.8) is 0 Å². The Morgan fingerprint density at radius 2 is 2.06 bits per heavy atom. The lowest BCUT2D eigenvalue weighted by Gasteiger charge is -2.04. The lowest BCUT2D eigenvalue weighted by atomic mass is 10.2. The number of unbranched alkanes of at least 4 members (excludes halogenated alkanes) is 2. The lowest BCUT2D eigenvalue weighted by Crippen LogP contribution is -1.96. The summed E-state index contributed by atoms with van der Waals surface area (Å²) in [5.74, 6) is 0.867. The number of phenols is 1. The number of carbonyl (C=O) groups excluding carboxylic acids is 2. The van der Waals surface area contributed by atoms with Gasteiger partial charge in [-0.3, -0.25) is 0 Å². The Balaban J connectivity index is 0.00000106. The van der Waals surface area contributed by atoms with Crippen LogP contribution >= 0.6 is 0 Å². The van der Waals surface area contributed by atoms with E-state index in [-0.39, 0.29) is 5.75 Å². The van der Waals surface area contributed by atoms with Crippen molar-refractivity contribution in [2.45, 2.75) is 19.3 Å². The highest BCUT2D eigenvalue weighted by Crippen LogP contribution is 2.17. The van der Waals surface area contributed by atoms with Gasteiger partial charge >= 0.3 is 0 Å². The smallest absolute Gasteiger partial charge is 0.122 e. The van der Waals surface area contributed by atoms with E-state index in [0.717, 1.165) is 19.1 Å². The summed E-state index contributed by atoms with van der Waals surface area (Å²) in [6.07, 6.45) is 3.20. The highest BCUT2D eigenvalue weighted by molar-refractivity contribution is 5.48. The molecule has 4 nitrogen and oxygen atoms in total. The van der Waals surface area contributed by atoms with Crippen LogP contribution < -0.4 is 4.74 Å². The number of benzene rings is 1. The molecule has 0 aliphatic heterocycles. The zero-order chi connectivity index (χ0) is 12.2. The molecule has 1 rings (SSSR count). The first-order valence-electron chi connectivity index (χ1n) is 4.97. The molecule has 0 saturated heterocycles. The normalized spacial score (nSPS) is 8.75. The molecule has 0 radical (unpaired) electrons. The Kier molecular flexibility index (Phi) is 8.59. The van der Waals surface area contributed by atoms with Gasteiger partial charge < -0.3 is 19.4 Å². The second kappa shape index (κ2) is 9.71. The molecule has 0 heterocycles. The van der Waals surface area contributed by atoms with Gasteiger partial charge in [0.1, 0.15) is 24.6 Å². The van der Waals surface area contributed by atoms with Crippen LogP contribution in [-0.2, 0) is 9.59 Å². The molecule has 0 unspecified atom stereocenters. The molecule has 88 valence electrons. The van der Waals surface area contributed by atoms with Gasteiger partial charge in [0.2, 0.25) is 0 Å². The lowest BCUT2D eigenvalue weighted by molar-refractivity contribution is -0.108. The average Bonchev–Trinajstić information content (AvgIpc) is 2.32. The average molecular weight is 224 g/mol. The summed E-state index contributed by atoms with van der Waals surface area (Å²) in [5.41, 5.74) is 0. The number of rotatable bonds is 6. The molecule has 0 fully saturated rings. The third-order valence-electron chi connectivity index (χ3n) is 1.80. The predicted molar refractivity (Wildman–Crippen MR) is 60.6 cm³/mol. The molecule has 1 aromatic carbocycles. The van der Waals surface area contributed by atoms with E-state index >= 15 is 0 Å². The number of phenolic OH excluding ortho intramolecular Hbond substituents is 1. The monoisotopic (exact) mass is 224 g/mol. The Bertz CT molecular complexity index is 299. The first kappa shape index (κ1) is 14.2. The molecule has 0 bridgehead atoms. The minimum Gasteiger partial charge on any atom is -0.508 e. The summed E-state index contributed by atoms with van der Waals surface area (Å²) in [6.45, 7) is 2.58. The summed E-state index contributed by atoms with van der Waals surface area (Å²) in [7, 11) is 0. The maximum absolute atomic E-state index is 10.0. The van der Waals surface area contributed by atoms with Crippen molar-refractivity contribution >= 4 is 13.1 Å². The van der Waals surface area contributed by atoms with Gasteiger partial charge in [-0.05, 0) is 25.0 Å². The number of aldehydes is 1. The molecule has 0 aromatic heterocycles. The fourth-order valence-corrected chi connectivity index (χ4v) is 1.09. The minimum atomic E-state index is 0.204. The molecule has 0 amide bonds. The highest BCUT2D eigenvalue weighted by atomic mass is 16.5. The summed E-state index contributed by atoms with van der Waals surface area (Å²) in [5, 5.41) is 9.13. The number of hydrogen-bond donors (Lipinski definition) is 1. The molecule has 4 heteroatoms. The molecule has 0 spiro atoms. The molecular formula is C12H16O4. The molecular weight excluding hydrogens is 208 g/mol. The van der Waals surface area contributed by atoms with Crippen LogP contribution in [0.5, 0.6) is 11.5 Å². The van der Waals surface area contributed by atoms with Crippen molar-refractivity contribution in [3.05, 3.63) is 24.3 Å². The second-order valence-corrected chi connectivity index (χ2v) is 3.01. The van der Waals surface area contributed by atoms with Gasteiger partial charge in [0.15, 0.2) is 0 Å². The first-order valence-corrected chi connectivity index (χ1v) is 4.97. The van der Waals surface area contributed by atoms with E-state index in [1.807, 2.05) is 6.79 Å². The van der Waals surface area contributed by atoms with E-state index in [0.29, 0.717) is 18.8 Å². The van der Waals surface area contributed by atoms with E-state index in [2.05, 4.69) is 0 Å². The van der Waals surface area contributed by atoms with E-state index in [1.54, 1.807) is 24.3 Å². The fourth-order valence-electron chi connectivity index (χ4n) is 1.09. The number of aromatic hydroxyl groups is 1. The van der Waals surface area contributed by atoms with Crippen LogP contribution in [0.25, 0.3) is 0 Å². The van der Waals surface area contributed by atoms with Crippen molar-refractivity contribution in [1.29, 1.82) is 0 Å². The van der Waals surface area contributed by atoms with Crippen LogP contribution in [0.15, 0.2) is 24.3 Å². The van der Waals surface area contributed by atoms with Crippen LogP contribution in [0, 0.1) is 0 Å². The standard InChI is InChI=1S/C11H14O3.CH2O/c12-7-2-1-3-8-14-11-6-4-5-10(13)9-11;1-2/h4-7,9,13H,1-3,8H2;1H2. The van der Waals surface area contributed by atoms with Gasteiger partial charge in [-0.15, -0.1) is 0 Å². The van der Waals surface area contributed by atoms with E-state index in [4.69, 9.17) is 14.6 Å². The molecule has 0 aliphatic carbocycles. The third kappa shape index (κ3) is 6.59. The molecule has 1 N–H and O–H groups in total. The predicted octanol–water partition coefficient (Wildman–Crippen LogP) is 1.96. The Morgan fingerprint density at radius 3 is 2.69 bits per heavy atom. The number of hydrogen-bond acceptors (Lipinski definition) is 4. The summed E-state index contributed by atoms with van der Waals surface area (Å²) < 4.78 is 5.36. The van der Waals surface area contributed by atoms with Crippen LogP contribution in [0.4, 0.5) is 0 Å². The van der Waals surface area contributed by atoms with Crippen molar-refractivity contribution < 1.29 is 19.4 Å². The van der Waals surface area contributed by atoms with E-state index in [1.165, 1.54) is 0 Å². The van der Waals surface area contributed by atoms with Crippen LogP contribution in [0.3, 0.4) is 0 Å². The van der Waals surface area contributed by atoms with Crippen molar-refractivity contribution in [3.8, 4) is 11.5 Å². The fraction of sp³-hybridized carbons (Fsp3) is 0.333. The zero-order valence-corrected chi connectivity index (χ0v) is 9.09. The van der Waals surface area contributed by atoms with Gasteiger partial charge in [-0.1, -0.05) is 6.07 Å². The summed E-state index contributed by atoms with van der Waals surface area (Å²) in [6, 6.07) is 6.69. The van der Waals surface area contributed by atoms with Crippen LogP contribution in [-0.4, -0.2) is 24.8 Å². The van der Waals surface area contributed by atoms with Crippen LogP contribution in [0.1, 0.15) is 19.3 Å².